The van der Waals surface area contributed by atoms with Crippen molar-refractivity contribution >= 4 is 12.1 Å². The first kappa shape index (κ1) is 7.92. The van der Waals surface area contributed by atoms with Crippen molar-refractivity contribution in [2.24, 2.45) is 11.8 Å². The normalized spacial score (nSPS) is 28.5. The highest BCUT2D eigenvalue weighted by Gasteiger charge is 2.11. The van der Waals surface area contributed by atoms with Crippen LogP contribution in [0.5, 0.6) is 0 Å². The first-order valence-electron chi connectivity index (χ1n) is 3.56. The molecule has 0 amide bonds. The van der Waals surface area contributed by atoms with Gasteiger partial charge in [-0.05, 0) is 6.92 Å². The fourth-order valence-corrected chi connectivity index (χ4v) is 0.986. The van der Waals surface area contributed by atoms with Gasteiger partial charge in [0.2, 0.25) is 0 Å². The number of hydrogen-bond donors (Lipinski definition) is 0. The molecular weight excluding hydrogens is 140 g/mol. The van der Waals surface area contributed by atoms with Crippen LogP contribution in [0, 0.1) is 11.8 Å². The zero-order chi connectivity index (χ0) is 8.27. The van der Waals surface area contributed by atoms with Gasteiger partial charge in [0.25, 0.3) is 0 Å². The van der Waals surface area contributed by atoms with E-state index in [4.69, 9.17) is 0 Å². The van der Waals surface area contributed by atoms with Gasteiger partial charge in [-0.2, -0.15) is 0 Å². The van der Waals surface area contributed by atoms with Crippen molar-refractivity contribution in [3.05, 3.63) is 24.3 Å². The summed E-state index contributed by atoms with van der Waals surface area (Å²) in [5, 5.41) is 0. The summed E-state index contributed by atoms with van der Waals surface area (Å²) in [7, 11) is 0. The van der Waals surface area contributed by atoms with Crippen LogP contribution in [-0.2, 0) is 9.59 Å². The molecule has 11 heavy (non-hydrogen) atoms. The van der Waals surface area contributed by atoms with Gasteiger partial charge in [-0.3, -0.25) is 4.79 Å². The minimum absolute atomic E-state index is 0.113. The molecular formula is C9H10O2. The van der Waals surface area contributed by atoms with Crippen LogP contribution in [0.25, 0.3) is 0 Å². The number of ketones is 1. The van der Waals surface area contributed by atoms with Crippen LogP contribution < -0.4 is 0 Å². The molecule has 2 nitrogen and oxygen atoms in total. The molecule has 1 rings (SSSR count). The van der Waals surface area contributed by atoms with Gasteiger partial charge in [0.1, 0.15) is 12.1 Å². The van der Waals surface area contributed by atoms with E-state index in [1.807, 2.05) is 0 Å². The molecule has 0 aliphatic heterocycles. The van der Waals surface area contributed by atoms with Crippen molar-refractivity contribution in [2.75, 3.05) is 0 Å². The van der Waals surface area contributed by atoms with Crippen LogP contribution in [0.4, 0.5) is 0 Å². The maximum absolute atomic E-state index is 10.8. The zero-order valence-corrected chi connectivity index (χ0v) is 6.36. The molecule has 2 heteroatoms. The van der Waals surface area contributed by atoms with Gasteiger partial charge in [0.05, 0.1) is 11.8 Å². The highest BCUT2D eigenvalue weighted by molar-refractivity contribution is 5.82. The summed E-state index contributed by atoms with van der Waals surface area (Å²) in [6, 6.07) is 0. The quantitative estimate of drug-likeness (QED) is 0.437. The fraction of sp³-hybridized carbons (Fsp3) is 0.333. The van der Waals surface area contributed by atoms with Crippen molar-refractivity contribution in [3.8, 4) is 0 Å². The smallest absolute Gasteiger partial charge is 0.140 e. The maximum Gasteiger partial charge on any atom is 0.140 e. The van der Waals surface area contributed by atoms with Crippen LogP contribution in [0.3, 0.4) is 0 Å². The van der Waals surface area contributed by atoms with E-state index in [1.54, 1.807) is 31.2 Å². The summed E-state index contributed by atoms with van der Waals surface area (Å²) < 4.78 is 0. The zero-order valence-electron chi connectivity index (χ0n) is 6.36. The Labute approximate surface area is 65.6 Å². The van der Waals surface area contributed by atoms with E-state index in [1.165, 1.54) is 0 Å². The third-order valence-corrected chi connectivity index (χ3v) is 1.71. The summed E-state index contributed by atoms with van der Waals surface area (Å²) in [6.07, 6.45) is 7.88. The van der Waals surface area contributed by atoms with E-state index >= 15 is 0 Å². The Morgan fingerprint density at radius 1 is 1.27 bits per heavy atom. The Hall–Kier alpha value is -1.18. The van der Waals surface area contributed by atoms with Crippen molar-refractivity contribution in [1.82, 2.24) is 0 Å². The molecule has 0 aromatic heterocycles. The molecule has 0 unspecified atom stereocenters. The topological polar surface area (TPSA) is 34.1 Å². The molecule has 0 saturated carbocycles. The molecule has 0 saturated heterocycles. The number of Topliss-reactive ketones (excluding diaryl/α,β-unsaturated/α-hetero) is 1. The summed E-state index contributed by atoms with van der Waals surface area (Å²) in [6.45, 7) is 1.54. The van der Waals surface area contributed by atoms with E-state index in [-0.39, 0.29) is 17.6 Å². The number of carbonyl (C=O) groups excluding carboxylic acids is 2. The van der Waals surface area contributed by atoms with Crippen molar-refractivity contribution < 1.29 is 9.59 Å². The second-order valence-electron chi connectivity index (χ2n) is 2.62. The second-order valence-corrected chi connectivity index (χ2v) is 2.62. The maximum atomic E-state index is 10.8. The molecule has 0 heterocycles. The molecule has 58 valence electrons. The fourth-order valence-electron chi connectivity index (χ4n) is 0.986. The summed E-state index contributed by atoms with van der Waals surface area (Å²) in [5.41, 5.74) is 0. The van der Waals surface area contributed by atoms with E-state index in [2.05, 4.69) is 0 Å². The molecule has 1 aliphatic rings. The third kappa shape index (κ3) is 1.87. The Balaban J connectivity index is 2.64. The van der Waals surface area contributed by atoms with Gasteiger partial charge in [0.15, 0.2) is 0 Å². The van der Waals surface area contributed by atoms with Gasteiger partial charge in [0, 0.05) is 0 Å². The van der Waals surface area contributed by atoms with E-state index in [9.17, 15) is 9.59 Å². The van der Waals surface area contributed by atoms with Crippen molar-refractivity contribution in [3.63, 3.8) is 0 Å². The molecule has 0 fully saturated rings. The molecule has 0 radical (unpaired) electrons. The lowest BCUT2D eigenvalue weighted by molar-refractivity contribution is -0.118. The predicted molar refractivity (Wildman–Crippen MR) is 42.0 cm³/mol. The van der Waals surface area contributed by atoms with E-state index in [0.29, 0.717) is 0 Å². The lowest BCUT2D eigenvalue weighted by atomic mass is 9.95. The van der Waals surface area contributed by atoms with Crippen LogP contribution in [-0.4, -0.2) is 12.1 Å². The standard InChI is InChI=1S/C9H10O2/c1-7(11)9-4-2-8(6-10)3-5-9/h2-6,8-9H,1H3. The molecule has 0 aromatic rings. The van der Waals surface area contributed by atoms with Crippen molar-refractivity contribution in [2.45, 2.75) is 6.92 Å². The average Bonchev–Trinajstić information content (AvgIpc) is 2.05. The Morgan fingerprint density at radius 2 is 1.82 bits per heavy atom. The van der Waals surface area contributed by atoms with Crippen LogP contribution in [0.2, 0.25) is 0 Å². The predicted octanol–water partition coefficient (Wildman–Crippen LogP) is 1.13. The average molecular weight is 150 g/mol. The third-order valence-electron chi connectivity index (χ3n) is 1.71. The summed E-state index contributed by atoms with van der Waals surface area (Å²) in [5.74, 6) is -0.140. The van der Waals surface area contributed by atoms with Gasteiger partial charge in [-0.25, -0.2) is 0 Å². The molecule has 1 aliphatic carbocycles. The number of aldehydes is 1. The number of rotatable bonds is 2. The number of allylic oxidation sites excluding steroid dienone is 4. The lowest BCUT2D eigenvalue weighted by Gasteiger charge is -2.09. The largest absolute Gasteiger partial charge is 0.302 e. The molecule has 0 spiro atoms. The summed E-state index contributed by atoms with van der Waals surface area (Å²) >= 11 is 0. The molecule has 0 N–H and O–H groups in total. The highest BCUT2D eigenvalue weighted by atomic mass is 16.1. The Kier molecular flexibility index (Phi) is 2.36. The first-order valence-corrected chi connectivity index (χ1v) is 3.56. The van der Waals surface area contributed by atoms with Gasteiger partial charge < -0.3 is 4.79 Å². The Bertz CT molecular complexity index is 212. The van der Waals surface area contributed by atoms with Gasteiger partial charge >= 0.3 is 0 Å². The monoisotopic (exact) mass is 150 g/mol. The van der Waals surface area contributed by atoms with Crippen LogP contribution >= 0.6 is 0 Å². The van der Waals surface area contributed by atoms with Crippen LogP contribution in [0.15, 0.2) is 24.3 Å². The molecule has 0 aromatic carbocycles. The second kappa shape index (κ2) is 3.28. The van der Waals surface area contributed by atoms with Gasteiger partial charge in [-0.15, -0.1) is 0 Å². The minimum atomic E-state index is -0.134. The molecule has 0 bridgehead atoms. The van der Waals surface area contributed by atoms with Crippen molar-refractivity contribution in [1.29, 1.82) is 0 Å². The Morgan fingerprint density at radius 3 is 2.18 bits per heavy atom. The number of hydrogen-bond acceptors (Lipinski definition) is 2. The summed E-state index contributed by atoms with van der Waals surface area (Å²) in [4.78, 5) is 21.1. The highest BCUT2D eigenvalue weighted by Crippen LogP contribution is 2.13. The van der Waals surface area contributed by atoms with Crippen LogP contribution in [0.1, 0.15) is 6.92 Å². The molecule has 0 atom stereocenters. The van der Waals surface area contributed by atoms with E-state index in [0.717, 1.165) is 6.29 Å². The SMILES string of the molecule is CC(=O)C1C=CC(C=O)C=C1. The first-order chi connectivity index (χ1) is 5.24. The lowest BCUT2D eigenvalue weighted by Crippen LogP contribution is -2.09. The number of carbonyl (C=O) groups is 2. The van der Waals surface area contributed by atoms with Gasteiger partial charge in [-0.1, -0.05) is 24.3 Å². The minimum Gasteiger partial charge on any atom is -0.302 e. The van der Waals surface area contributed by atoms with E-state index < -0.39 is 0 Å².